The molecular weight excluding hydrogens is 326 g/mol. The molecule has 1 aromatic carbocycles. The number of rotatable bonds is 2. The molecule has 4 nitrogen and oxygen atoms in total. The van der Waals surface area contributed by atoms with Crippen LogP contribution in [0.25, 0.3) is 0 Å². The van der Waals surface area contributed by atoms with Crippen LogP contribution in [0.15, 0.2) is 24.3 Å². The molecule has 0 unspecified atom stereocenters. The molecule has 0 aromatic heterocycles. The highest BCUT2D eigenvalue weighted by atomic mass is 35.5. The van der Waals surface area contributed by atoms with Gasteiger partial charge >= 0.3 is 0 Å². The first-order valence-electron chi connectivity index (χ1n) is 8.47. The minimum absolute atomic E-state index is 0.0610. The lowest BCUT2D eigenvalue weighted by molar-refractivity contribution is -0.131. The molecule has 1 amide bonds. The van der Waals surface area contributed by atoms with Gasteiger partial charge < -0.3 is 15.2 Å². The van der Waals surface area contributed by atoms with Crippen LogP contribution in [-0.4, -0.2) is 35.4 Å². The normalized spacial score (nSPS) is 29.6. The molecule has 24 heavy (non-hydrogen) atoms. The Labute approximate surface area is 147 Å². The number of amides is 1. The zero-order valence-corrected chi connectivity index (χ0v) is 14.3. The fraction of sp³-hybridized carbons (Fsp3) is 0.526. The maximum Gasteiger partial charge on any atom is 0.249 e. The van der Waals surface area contributed by atoms with Crippen LogP contribution in [0.2, 0.25) is 5.02 Å². The first-order valence-corrected chi connectivity index (χ1v) is 8.85. The van der Waals surface area contributed by atoms with E-state index in [9.17, 15) is 9.90 Å². The van der Waals surface area contributed by atoms with Crippen molar-refractivity contribution in [2.45, 2.75) is 56.3 Å². The van der Waals surface area contributed by atoms with Gasteiger partial charge in [0.1, 0.15) is 11.7 Å². The van der Waals surface area contributed by atoms with Crippen LogP contribution >= 0.6 is 11.6 Å². The summed E-state index contributed by atoms with van der Waals surface area (Å²) in [5.41, 5.74) is -0.295. The number of halogens is 1. The molecule has 1 saturated heterocycles. The number of nitrogens with one attached hydrogen (secondary N) is 1. The smallest absolute Gasteiger partial charge is 0.249 e. The van der Waals surface area contributed by atoms with E-state index in [1.165, 1.54) is 0 Å². The fourth-order valence-corrected chi connectivity index (χ4v) is 3.51. The summed E-state index contributed by atoms with van der Waals surface area (Å²) in [7, 11) is 0. The van der Waals surface area contributed by atoms with Gasteiger partial charge in [0.15, 0.2) is 0 Å². The third-order valence-electron chi connectivity index (χ3n) is 4.56. The second kappa shape index (κ2) is 7.57. The molecule has 0 spiro atoms. The van der Waals surface area contributed by atoms with Crippen molar-refractivity contribution in [2.24, 2.45) is 0 Å². The summed E-state index contributed by atoms with van der Waals surface area (Å²) in [6, 6.07) is 7.20. The van der Waals surface area contributed by atoms with Crippen molar-refractivity contribution in [3.05, 3.63) is 34.9 Å². The monoisotopic (exact) mass is 347 g/mol. The quantitative estimate of drug-likeness (QED) is 0.809. The lowest BCUT2D eigenvalue weighted by Gasteiger charge is -2.33. The minimum atomic E-state index is -1.07. The predicted octanol–water partition coefficient (Wildman–Crippen LogP) is 2.66. The summed E-state index contributed by atoms with van der Waals surface area (Å²) in [5, 5.41) is 14.4. The summed E-state index contributed by atoms with van der Waals surface area (Å²) in [6.45, 7) is 0.651. The molecule has 2 aliphatic rings. The molecule has 1 aliphatic heterocycles. The predicted molar refractivity (Wildman–Crippen MR) is 92.7 cm³/mol. The summed E-state index contributed by atoms with van der Waals surface area (Å²) in [4.78, 5) is 12.2. The SMILES string of the molecule is O=C(N[C@@H]1CCC[C@](O)(C#Cc2cccc(Cl)c2)C1)[C@H]1CCCO1. The third-order valence-corrected chi connectivity index (χ3v) is 4.79. The molecule has 128 valence electrons. The molecule has 0 radical (unpaired) electrons. The number of ether oxygens (including phenoxy) is 1. The number of carbonyl (C=O) groups is 1. The van der Waals surface area contributed by atoms with E-state index in [1.807, 2.05) is 12.1 Å². The Morgan fingerprint density at radius 1 is 1.38 bits per heavy atom. The van der Waals surface area contributed by atoms with E-state index in [2.05, 4.69) is 17.2 Å². The number of hydrogen-bond acceptors (Lipinski definition) is 3. The largest absolute Gasteiger partial charge is 0.378 e. The third kappa shape index (κ3) is 4.51. The van der Waals surface area contributed by atoms with Crippen molar-refractivity contribution in [3.63, 3.8) is 0 Å². The van der Waals surface area contributed by atoms with Gasteiger partial charge in [-0.3, -0.25) is 4.79 Å². The Morgan fingerprint density at radius 2 is 2.25 bits per heavy atom. The van der Waals surface area contributed by atoms with Crippen LogP contribution in [0.5, 0.6) is 0 Å². The van der Waals surface area contributed by atoms with Crippen molar-refractivity contribution >= 4 is 17.5 Å². The Balaban J connectivity index is 1.62. The maximum atomic E-state index is 12.2. The van der Waals surface area contributed by atoms with Crippen LogP contribution in [0.4, 0.5) is 0 Å². The van der Waals surface area contributed by atoms with Crippen LogP contribution < -0.4 is 5.32 Å². The maximum absolute atomic E-state index is 12.2. The highest BCUT2D eigenvalue weighted by Gasteiger charge is 2.35. The van der Waals surface area contributed by atoms with E-state index >= 15 is 0 Å². The standard InChI is InChI=1S/C19H22ClNO3/c20-15-5-1-4-14(12-15)8-10-19(23)9-2-6-16(13-19)21-18(22)17-7-3-11-24-17/h1,4-5,12,16-17,23H,2-3,6-7,9,11,13H2,(H,21,22)/t16-,17-,19+/m1/s1. The number of aliphatic hydroxyl groups is 1. The zero-order chi connectivity index (χ0) is 17.0. The number of benzene rings is 1. The Kier molecular flexibility index (Phi) is 5.45. The summed E-state index contributed by atoms with van der Waals surface area (Å²) < 4.78 is 5.41. The van der Waals surface area contributed by atoms with Gasteiger partial charge in [0, 0.05) is 29.7 Å². The van der Waals surface area contributed by atoms with Crippen LogP contribution in [0, 0.1) is 11.8 Å². The molecule has 2 N–H and O–H groups in total. The van der Waals surface area contributed by atoms with E-state index in [1.54, 1.807) is 12.1 Å². The molecule has 0 bridgehead atoms. The van der Waals surface area contributed by atoms with Crippen LogP contribution in [-0.2, 0) is 9.53 Å². The summed E-state index contributed by atoms with van der Waals surface area (Å²) in [5.74, 6) is 5.92. The Morgan fingerprint density at radius 3 is 3.00 bits per heavy atom. The Bertz CT molecular complexity index is 660. The van der Waals surface area contributed by atoms with Gasteiger partial charge in [0.05, 0.1) is 0 Å². The second-order valence-electron chi connectivity index (χ2n) is 6.60. The topological polar surface area (TPSA) is 58.6 Å². The van der Waals surface area contributed by atoms with E-state index in [-0.39, 0.29) is 18.1 Å². The molecule has 3 rings (SSSR count). The molecule has 5 heteroatoms. The minimum Gasteiger partial charge on any atom is -0.378 e. The molecule has 2 fully saturated rings. The van der Waals surface area contributed by atoms with Gasteiger partial charge in [-0.15, -0.1) is 0 Å². The van der Waals surface area contributed by atoms with Gasteiger partial charge in [-0.2, -0.15) is 0 Å². The molecule has 1 aliphatic carbocycles. The molecule has 3 atom stereocenters. The average Bonchev–Trinajstić information content (AvgIpc) is 3.08. The van der Waals surface area contributed by atoms with Gasteiger partial charge in [-0.05, 0) is 50.3 Å². The highest BCUT2D eigenvalue weighted by molar-refractivity contribution is 6.30. The lowest BCUT2D eigenvalue weighted by Crippen LogP contribution is -2.47. The van der Waals surface area contributed by atoms with Gasteiger partial charge in [0.2, 0.25) is 5.91 Å². The second-order valence-corrected chi connectivity index (χ2v) is 7.03. The molecular formula is C19H22ClNO3. The van der Waals surface area contributed by atoms with Gasteiger partial charge in [0.25, 0.3) is 0 Å². The van der Waals surface area contributed by atoms with Gasteiger partial charge in [-0.25, -0.2) is 0 Å². The number of carbonyl (C=O) groups excluding carboxylic acids is 1. The molecule has 1 saturated carbocycles. The zero-order valence-electron chi connectivity index (χ0n) is 13.6. The first kappa shape index (κ1) is 17.3. The fourth-order valence-electron chi connectivity index (χ4n) is 3.32. The van der Waals surface area contributed by atoms with E-state index in [0.29, 0.717) is 24.5 Å². The average molecular weight is 348 g/mol. The van der Waals surface area contributed by atoms with E-state index in [0.717, 1.165) is 31.2 Å². The summed E-state index contributed by atoms with van der Waals surface area (Å²) in [6.07, 6.45) is 4.12. The number of hydrogen-bond donors (Lipinski definition) is 2. The van der Waals surface area contributed by atoms with E-state index in [4.69, 9.17) is 16.3 Å². The lowest BCUT2D eigenvalue weighted by atomic mass is 9.82. The van der Waals surface area contributed by atoms with Gasteiger partial charge in [-0.1, -0.05) is 29.5 Å². The van der Waals surface area contributed by atoms with Crippen molar-refractivity contribution in [1.29, 1.82) is 0 Å². The van der Waals surface area contributed by atoms with Crippen molar-refractivity contribution in [1.82, 2.24) is 5.32 Å². The van der Waals surface area contributed by atoms with Crippen LogP contribution in [0.3, 0.4) is 0 Å². The van der Waals surface area contributed by atoms with Crippen molar-refractivity contribution in [2.75, 3.05) is 6.61 Å². The van der Waals surface area contributed by atoms with E-state index < -0.39 is 5.60 Å². The van der Waals surface area contributed by atoms with Crippen molar-refractivity contribution in [3.8, 4) is 11.8 Å². The molecule has 1 aromatic rings. The first-order chi connectivity index (χ1) is 11.5. The van der Waals surface area contributed by atoms with Crippen LogP contribution in [0.1, 0.15) is 44.1 Å². The van der Waals surface area contributed by atoms with Crippen molar-refractivity contribution < 1.29 is 14.6 Å². The Hall–Kier alpha value is -1.54. The highest BCUT2D eigenvalue weighted by Crippen LogP contribution is 2.28. The summed E-state index contributed by atoms with van der Waals surface area (Å²) >= 11 is 5.95. The molecule has 1 heterocycles.